The van der Waals surface area contributed by atoms with Crippen LogP contribution in [0.15, 0.2) is 18.2 Å². The molecule has 0 aromatic heterocycles. The number of rotatable bonds is 3. The molecule has 2 aliphatic rings. The highest BCUT2D eigenvalue weighted by Crippen LogP contribution is 2.28. The van der Waals surface area contributed by atoms with Crippen LogP contribution in [0.1, 0.15) is 30.1 Å². The number of nitrogens with two attached hydrogens (primary N) is 1. The molecule has 1 aromatic carbocycles. The van der Waals surface area contributed by atoms with Crippen molar-refractivity contribution >= 4 is 11.6 Å². The second kappa shape index (κ2) is 5.32. The number of nitrogens with zero attached hydrogens (tertiary/aromatic N) is 1. The van der Waals surface area contributed by atoms with Crippen LogP contribution in [-0.2, 0) is 4.74 Å². The van der Waals surface area contributed by atoms with Crippen molar-refractivity contribution in [2.24, 2.45) is 0 Å². The highest BCUT2D eigenvalue weighted by atomic mass is 16.5. The Bertz CT molecular complexity index is 506. The average Bonchev–Trinajstić information content (AvgIpc) is 2.79. The number of benzene rings is 1. The normalized spacial score (nSPS) is 24.8. The maximum atomic E-state index is 12.5. The van der Waals surface area contributed by atoms with Crippen LogP contribution in [0.5, 0.6) is 5.75 Å². The van der Waals surface area contributed by atoms with Crippen molar-refractivity contribution in [3.05, 3.63) is 23.8 Å². The number of amides is 1. The molecule has 5 nitrogen and oxygen atoms in total. The van der Waals surface area contributed by atoms with Gasteiger partial charge in [-0.2, -0.15) is 0 Å². The van der Waals surface area contributed by atoms with Gasteiger partial charge >= 0.3 is 0 Å². The van der Waals surface area contributed by atoms with Crippen LogP contribution in [0, 0.1) is 0 Å². The molecule has 2 heterocycles. The quantitative estimate of drug-likeness (QED) is 0.853. The van der Waals surface area contributed by atoms with Crippen molar-refractivity contribution < 1.29 is 14.3 Å². The number of carbonyl (C=O) groups excluding carboxylic acids is 1. The molecular formula is C15H20N2O3. The Kier molecular flexibility index (Phi) is 3.53. The van der Waals surface area contributed by atoms with Crippen LogP contribution in [0.2, 0.25) is 0 Å². The summed E-state index contributed by atoms with van der Waals surface area (Å²) in [5.74, 6) is 0.658. The predicted molar refractivity (Wildman–Crippen MR) is 75.8 cm³/mol. The van der Waals surface area contributed by atoms with Gasteiger partial charge < -0.3 is 20.1 Å². The van der Waals surface area contributed by atoms with E-state index in [9.17, 15) is 4.79 Å². The van der Waals surface area contributed by atoms with E-state index < -0.39 is 0 Å². The van der Waals surface area contributed by atoms with Crippen molar-refractivity contribution in [2.75, 3.05) is 25.4 Å². The summed E-state index contributed by atoms with van der Waals surface area (Å²) in [6, 6.07) is 5.24. The molecule has 2 N–H and O–H groups in total. The van der Waals surface area contributed by atoms with Crippen molar-refractivity contribution in [3.8, 4) is 5.75 Å². The molecule has 2 bridgehead atoms. The number of nitrogen functional groups attached to an aromatic ring is 1. The topological polar surface area (TPSA) is 64.8 Å². The molecular weight excluding hydrogens is 256 g/mol. The fourth-order valence-electron chi connectivity index (χ4n) is 2.93. The van der Waals surface area contributed by atoms with Crippen molar-refractivity contribution in [2.45, 2.75) is 32.0 Å². The van der Waals surface area contributed by atoms with Gasteiger partial charge in [0.15, 0.2) is 0 Å². The summed E-state index contributed by atoms with van der Waals surface area (Å²) in [7, 11) is 0. The van der Waals surface area contributed by atoms with E-state index in [0.29, 0.717) is 36.7 Å². The van der Waals surface area contributed by atoms with Crippen molar-refractivity contribution in [1.82, 2.24) is 4.90 Å². The minimum absolute atomic E-state index is 0.0277. The zero-order valence-corrected chi connectivity index (χ0v) is 11.7. The summed E-state index contributed by atoms with van der Waals surface area (Å²) >= 11 is 0. The maximum Gasteiger partial charge on any atom is 0.254 e. The van der Waals surface area contributed by atoms with Crippen LogP contribution in [0.3, 0.4) is 0 Å². The number of likely N-dealkylation sites (tertiary alicyclic amines) is 1. The van der Waals surface area contributed by atoms with Gasteiger partial charge in [-0.1, -0.05) is 0 Å². The minimum Gasteiger partial charge on any atom is -0.492 e. The van der Waals surface area contributed by atoms with E-state index in [2.05, 4.69) is 0 Å². The SMILES string of the molecule is CCOc1ccc(C(=O)N2CC3CCC(C2)O3)cc1N. The van der Waals surface area contributed by atoms with Gasteiger partial charge in [0.05, 0.1) is 24.5 Å². The summed E-state index contributed by atoms with van der Waals surface area (Å²) in [6.07, 6.45) is 2.52. The fourth-order valence-corrected chi connectivity index (χ4v) is 2.93. The molecule has 0 aliphatic carbocycles. The first-order valence-electron chi connectivity index (χ1n) is 7.14. The molecule has 2 unspecified atom stereocenters. The highest BCUT2D eigenvalue weighted by Gasteiger charge is 2.35. The summed E-state index contributed by atoms with van der Waals surface area (Å²) in [6.45, 7) is 3.83. The highest BCUT2D eigenvalue weighted by molar-refractivity contribution is 5.95. The van der Waals surface area contributed by atoms with Crippen LogP contribution in [0.4, 0.5) is 5.69 Å². The molecule has 2 atom stereocenters. The zero-order chi connectivity index (χ0) is 14.1. The van der Waals surface area contributed by atoms with Gasteiger partial charge in [0.1, 0.15) is 5.75 Å². The number of hydrogen-bond acceptors (Lipinski definition) is 4. The third-order valence-electron chi connectivity index (χ3n) is 3.89. The Hall–Kier alpha value is -1.75. The first-order chi connectivity index (χ1) is 9.67. The van der Waals surface area contributed by atoms with Crippen LogP contribution >= 0.6 is 0 Å². The second-order valence-corrected chi connectivity index (χ2v) is 5.35. The van der Waals surface area contributed by atoms with Gasteiger partial charge in [0.25, 0.3) is 5.91 Å². The molecule has 108 valence electrons. The summed E-state index contributed by atoms with van der Waals surface area (Å²) in [5, 5.41) is 0. The maximum absolute atomic E-state index is 12.5. The van der Waals surface area contributed by atoms with Crippen LogP contribution < -0.4 is 10.5 Å². The van der Waals surface area contributed by atoms with Crippen LogP contribution in [0.25, 0.3) is 0 Å². The smallest absolute Gasteiger partial charge is 0.254 e. The Labute approximate surface area is 118 Å². The summed E-state index contributed by atoms with van der Waals surface area (Å²) < 4.78 is 11.1. The number of ether oxygens (including phenoxy) is 2. The third kappa shape index (κ3) is 2.45. The van der Waals surface area contributed by atoms with E-state index in [1.54, 1.807) is 18.2 Å². The molecule has 20 heavy (non-hydrogen) atoms. The molecule has 3 rings (SSSR count). The van der Waals surface area contributed by atoms with Crippen molar-refractivity contribution in [3.63, 3.8) is 0 Å². The van der Waals surface area contributed by atoms with E-state index in [1.165, 1.54) is 0 Å². The molecule has 2 saturated heterocycles. The number of fused-ring (bicyclic) bond motifs is 2. The van der Waals surface area contributed by atoms with Gasteiger partial charge in [-0.15, -0.1) is 0 Å². The van der Waals surface area contributed by atoms with Gasteiger partial charge in [-0.3, -0.25) is 4.79 Å². The Balaban J connectivity index is 1.75. The van der Waals surface area contributed by atoms with Gasteiger partial charge in [0.2, 0.25) is 0 Å². The first kappa shape index (κ1) is 13.2. The molecule has 0 spiro atoms. The fraction of sp³-hybridized carbons (Fsp3) is 0.533. The lowest BCUT2D eigenvalue weighted by atomic mass is 10.1. The van der Waals surface area contributed by atoms with E-state index >= 15 is 0 Å². The molecule has 2 aliphatic heterocycles. The van der Waals surface area contributed by atoms with Crippen LogP contribution in [-0.4, -0.2) is 42.7 Å². The average molecular weight is 276 g/mol. The number of hydrogen-bond donors (Lipinski definition) is 1. The molecule has 1 aromatic rings. The lowest BCUT2D eigenvalue weighted by Gasteiger charge is -2.32. The van der Waals surface area contributed by atoms with Gasteiger partial charge in [-0.05, 0) is 38.0 Å². The zero-order valence-electron chi connectivity index (χ0n) is 11.7. The third-order valence-corrected chi connectivity index (χ3v) is 3.89. The lowest BCUT2D eigenvalue weighted by Crippen LogP contribution is -2.45. The minimum atomic E-state index is 0.0277. The molecule has 0 radical (unpaired) electrons. The van der Waals surface area contributed by atoms with E-state index in [4.69, 9.17) is 15.2 Å². The van der Waals surface area contributed by atoms with E-state index in [-0.39, 0.29) is 18.1 Å². The predicted octanol–water partition coefficient (Wildman–Crippen LogP) is 1.67. The lowest BCUT2D eigenvalue weighted by molar-refractivity contribution is -0.0303. The number of morpholine rings is 1. The second-order valence-electron chi connectivity index (χ2n) is 5.35. The van der Waals surface area contributed by atoms with E-state index in [0.717, 1.165) is 12.8 Å². The largest absolute Gasteiger partial charge is 0.492 e. The molecule has 5 heteroatoms. The monoisotopic (exact) mass is 276 g/mol. The Morgan fingerprint density at radius 3 is 2.70 bits per heavy atom. The van der Waals surface area contributed by atoms with Crippen molar-refractivity contribution in [1.29, 1.82) is 0 Å². The first-order valence-corrected chi connectivity index (χ1v) is 7.14. The molecule has 1 amide bonds. The molecule has 0 saturated carbocycles. The Morgan fingerprint density at radius 1 is 1.40 bits per heavy atom. The van der Waals surface area contributed by atoms with E-state index in [1.807, 2.05) is 11.8 Å². The standard InChI is InChI=1S/C15H20N2O3/c1-2-19-14-6-3-10(7-13(14)16)15(18)17-8-11-4-5-12(9-17)20-11/h3,6-7,11-12H,2,4-5,8-9,16H2,1H3. The summed E-state index contributed by atoms with van der Waals surface area (Å²) in [4.78, 5) is 14.4. The van der Waals surface area contributed by atoms with Gasteiger partial charge in [-0.25, -0.2) is 0 Å². The number of anilines is 1. The van der Waals surface area contributed by atoms with Gasteiger partial charge in [0, 0.05) is 18.7 Å². The summed E-state index contributed by atoms with van der Waals surface area (Å²) in [5.41, 5.74) is 7.05. The molecule has 2 fully saturated rings. The number of carbonyl (C=O) groups is 1. The Morgan fingerprint density at radius 2 is 2.10 bits per heavy atom.